The molecule has 1 amide bonds. The minimum absolute atomic E-state index is 0.0532. The van der Waals surface area contributed by atoms with E-state index in [-0.39, 0.29) is 28.7 Å². The van der Waals surface area contributed by atoms with Gasteiger partial charge in [-0.3, -0.25) is 4.79 Å². The number of nitrogens with one attached hydrogen (secondary N) is 2. The third-order valence-electron chi connectivity index (χ3n) is 6.24. The third-order valence-corrected chi connectivity index (χ3v) is 6.53. The molecule has 1 atom stereocenters. The molecule has 0 unspecified atom stereocenters. The van der Waals surface area contributed by atoms with Gasteiger partial charge in [0.25, 0.3) is 5.91 Å². The molecule has 1 aliphatic carbocycles. The summed E-state index contributed by atoms with van der Waals surface area (Å²) in [5.41, 5.74) is 1.78. The molecule has 1 aromatic carbocycles. The van der Waals surface area contributed by atoms with E-state index in [1.807, 2.05) is 0 Å². The summed E-state index contributed by atoms with van der Waals surface area (Å²) in [6.45, 7) is 10.3. The fraction of sp³-hybridized carbons (Fsp3) is 0.583. The van der Waals surface area contributed by atoms with Crippen molar-refractivity contribution in [3.05, 3.63) is 38.7 Å². The van der Waals surface area contributed by atoms with Crippen LogP contribution in [0.3, 0.4) is 0 Å². The maximum atomic E-state index is 12.8. The molecule has 6 nitrogen and oxygen atoms in total. The summed E-state index contributed by atoms with van der Waals surface area (Å²) >= 11 is 6.48. The van der Waals surface area contributed by atoms with Gasteiger partial charge in [-0.15, -0.1) is 0 Å². The van der Waals surface area contributed by atoms with Crippen LogP contribution in [-0.2, 0) is 17.6 Å². The summed E-state index contributed by atoms with van der Waals surface area (Å²) in [7, 11) is 0. The van der Waals surface area contributed by atoms with Gasteiger partial charge < -0.3 is 19.8 Å². The minimum atomic E-state index is -0.739. The normalized spacial score (nSPS) is 21.0. The average Bonchev–Trinajstić information content (AvgIpc) is 3.11. The second-order valence-corrected chi connectivity index (χ2v) is 10.7. The fourth-order valence-corrected chi connectivity index (χ4v) is 5.57. The lowest BCUT2D eigenvalue weighted by Crippen LogP contribution is -2.62. The Labute approximate surface area is 187 Å². The van der Waals surface area contributed by atoms with Gasteiger partial charge in [-0.05, 0) is 78.4 Å². The Morgan fingerprint density at radius 3 is 2.52 bits per heavy atom. The first kappa shape index (κ1) is 22.2. The van der Waals surface area contributed by atoms with E-state index >= 15 is 0 Å². The molecule has 0 radical (unpaired) electrons. The average molecular weight is 447 g/mol. The Hall–Kier alpha value is -2.05. The van der Waals surface area contributed by atoms with Gasteiger partial charge in [-0.2, -0.15) is 0 Å². The molecule has 2 aromatic rings. The van der Waals surface area contributed by atoms with Crippen LogP contribution >= 0.6 is 11.6 Å². The van der Waals surface area contributed by atoms with Crippen LogP contribution in [0.1, 0.15) is 65.0 Å². The summed E-state index contributed by atoms with van der Waals surface area (Å²) in [5.74, 6) is 0.147. The van der Waals surface area contributed by atoms with Crippen molar-refractivity contribution in [3.8, 4) is 5.75 Å². The number of hydrogen-bond donors (Lipinski definition) is 2. The Morgan fingerprint density at radius 2 is 1.84 bits per heavy atom. The van der Waals surface area contributed by atoms with Crippen molar-refractivity contribution in [2.45, 2.75) is 89.9 Å². The third kappa shape index (κ3) is 4.60. The predicted molar refractivity (Wildman–Crippen MR) is 122 cm³/mol. The molecule has 0 spiro atoms. The van der Waals surface area contributed by atoms with Crippen molar-refractivity contribution in [1.82, 2.24) is 10.6 Å². The first-order valence-corrected chi connectivity index (χ1v) is 11.4. The first-order valence-electron chi connectivity index (χ1n) is 11.0. The molecule has 1 saturated heterocycles. The standard InChI is InChI=1S/C24H31ClN2O4/c1-13(21(28)26-14-11-23(2,3)27-24(4,5)12-14)30-20-10-19-17(9-18(20)25)15-7-6-8-16(15)22(29)31-19/h9-10,13-14,27H,6-8,11-12H2,1-5H3,(H,26,28)/t13-/m1/s1. The number of carbonyl (C=O) groups is 1. The molecule has 1 fully saturated rings. The molecule has 1 aromatic heterocycles. The van der Waals surface area contributed by atoms with E-state index in [1.54, 1.807) is 19.1 Å². The van der Waals surface area contributed by atoms with Crippen molar-refractivity contribution in [1.29, 1.82) is 0 Å². The highest BCUT2D eigenvalue weighted by molar-refractivity contribution is 6.32. The van der Waals surface area contributed by atoms with E-state index < -0.39 is 6.10 Å². The smallest absolute Gasteiger partial charge is 0.339 e. The second kappa shape index (κ2) is 7.82. The SMILES string of the molecule is C[C@@H](Oc1cc2oc(=O)c3c(c2cc1Cl)CCC3)C(=O)NC1CC(C)(C)NC(C)(C)C1. The molecule has 168 valence electrons. The van der Waals surface area contributed by atoms with Crippen LogP contribution in [0.15, 0.2) is 21.3 Å². The van der Waals surface area contributed by atoms with Crippen LogP contribution in [0, 0.1) is 0 Å². The topological polar surface area (TPSA) is 80.6 Å². The van der Waals surface area contributed by atoms with Gasteiger partial charge in [0, 0.05) is 34.1 Å². The molecule has 0 saturated carbocycles. The van der Waals surface area contributed by atoms with Gasteiger partial charge in [0.2, 0.25) is 0 Å². The van der Waals surface area contributed by atoms with Crippen LogP contribution in [0.5, 0.6) is 5.75 Å². The van der Waals surface area contributed by atoms with Crippen molar-refractivity contribution in [3.63, 3.8) is 0 Å². The van der Waals surface area contributed by atoms with Gasteiger partial charge in [0.1, 0.15) is 11.3 Å². The number of aryl methyl sites for hydroxylation is 1. The highest BCUT2D eigenvalue weighted by Gasteiger charge is 2.38. The lowest BCUT2D eigenvalue weighted by atomic mass is 9.79. The van der Waals surface area contributed by atoms with Crippen molar-refractivity contribution in [2.75, 3.05) is 0 Å². The Morgan fingerprint density at radius 1 is 1.19 bits per heavy atom. The Balaban J connectivity index is 1.51. The maximum absolute atomic E-state index is 12.8. The second-order valence-electron chi connectivity index (χ2n) is 10.2. The van der Waals surface area contributed by atoms with E-state index in [9.17, 15) is 9.59 Å². The largest absolute Gasteiger partial charge is 0.479 e. The van der Waals surface area contributed by atoms with E-state index in [2.05, 4.69) is 38.3 Å². The zero-order valence-electron chi connectivity index (χ0n) is 18.9. The van der Waals surface area contributed by atoms with E-state index in [4.69, 9.17) is 20.8 Å². The van der Waals surface area contributed by atoms with E-state index in [1.165, 1.54) is 0 Å². The number of amides is 1. The van der Waals surface area contributed by atoms with Gasteiger partial charge in [-0.1, -0.05) is 11.6 Å². The molecule has 0 bridgehead atoms. The molecular formula is C24H31ClN2O4. The highest BCUT2D eigenvalue weighted by atomic mass is 35.5. The zero-order chi connectivity index (χ0) is 22.6. The van der Waals surface area contributed by atoms with Crippen molar-refractivity contribution >= 4 is 28.5 Å². The quantitative estimate of drug-likeness (QED) is 0.690. The molecule has 1 aliphatic heterocycles. The Bertz CT molecular complexity index is 1070. The lowest BCUT2D eigenvalue weighted by Gasteiger charge is -2.46. The molecule has 2 N–H and O–H groups in total. The predicted octanol–water partition coefficient (Wildman–Crippen LogP) is 4.13. The number of piperidine rings is 1. The minimum Gasteiger partial charge on any atom is -0.479 e. The van der Waals surface area contributed by atoms with E-state index in [0.717, 1.165) is 48.6 Å². The van der Waals surface area contributed by atoms with E-state index in [0.29, 0.717) is 16.4 Å². The zero-order valence-corrected chi connectivity index (χ0v) is 19.6. The molecule has 2 heterocycles. The number of halogens is 1. The summed E-state index contributed by atoms with van der Waals surface area (Å²) in [4.78, 5) is 25.1. The van der Waals surface area contributed by atoms with Crippen LogP contribution in [0.4, 0.5) is 0 Å². The highest BCUT2D eigenvalue weighted by Crippen LogP contribution is 2.35. The molecule has 2 aliphatic rings. The molecule has 31 heavy (non-hydrogen) atoms. The molecular weight excluding hydrogens is 416 g/mol. The number of carbonyl (C=O) groups excluding carboxylic acids is 1. The number of fused-ring (bicyclic) bond motifs is 3. The van der Waals surface area contributed by atoms with Gasteiger partial charge in [-0.25, -0.2) is 4.79 Å². The summed E-state index contributed by atoms with van der Waals surface area (Å²) in [6, 6.07) is 3.46. The van der Waals surface area contributed by atoms with Crippen molar-refractivity contribution in [2.24, 2.45) is 0 Å². The number of benzene rings is 1. The van der Waals surface area contributed by atoms with Crippen LogP contribution in [0.2, 0.25) is 5.02 Å². The number of ether oxygens (including phenoxy) is 1. The van der Waals surface area contributed by atoms with Crippen molar-refractivity contribution < 1.29 is 13.9 Å². The van der Waals surface area contributed by atoms with Gasteiger partial charge >= 0.3 is 5.63 Å². The molecule has 4 rings (SSSR count). The van der Waals surface area contributed by atoms with Crippen LogP contribution in [0.25, 0.3) is 11.0 Å². The van der Waals surface area contributed by atoms with Crippen LogP contribution < -0.4 is 21.0 Å². The molecule has 7 heteroatoms. The lowest BCUT2D eigenvalue weighted by molar-refractivity contribution is -0.128. The van der Waals surface area contributed by atoms with Gasteiger partial charge in [0.05, 0.1) is 5.02 Å². The number of hydrogen-bond acceptors (Lipinski definition) is 5. The monoisotopic (exact) mass is 446 g/mol. The van der Waals surface area contributed by atoms with Crippen LogP contribution in [-0.4, -0.2) is 29.1 Å². The first-order chi connectivity index (χ1) is 14.4. The Kier molecular flexibility index (Phi) is 5.59. The fourth-order valence-electron chi connectivity index (χ4n) is 5.36. The summed E-state index contributed by atoms with van der Waals surface area (Å²) in [6.07, 6.45) is 3.46. The number of rotatable bonds is 4. The van der Waals surface area contributed by atoms with Gasteiger partial charge in [0.15, 0.2) is 6.10 Å². The summed E-state index contributed by atoms with van der Waals surface area (Å²) in [5, 5.41) is 7.99. The summed E-state index contributed by atoms with van der Waals surface area (Å²) < 4.78 is 11.4. The maximum Gasteiger partial charge on any atom is 0.339 e.